The molecule has 2 heterocycles. The average molecular weight is 342 g/mol. The molecule has 2 aliphatic heterocycles. The maximum Gasteiger partial charge on any atom is 0.545 e. The summed E-state index contributed by atoms with van der Waals surface area (Å²) in [5, 5.41) is 13.5. The smallest absolute Gasteiger partial charge is 0.545 e. The monoisotopic (exact) mass is 342 g/mol. The Morgan fingerprint density at radius 3 is 2.96 bits per heavy atom. The van der Waals surface area contributed by atoms with Crippen molar-refractivity contribution in [3.8, 4) is 5.75 Å². The molecule has 0 fully saturated rings. The molecule has 0 bridgehead atoms. The van der Waals surface area contributed by atoms with Crippen LogP contribution < -0.4 is 14.7 Å². The third-order valence-corrected chi connectivity index (χ3v) is 5.80. The largest absolute Gasteiger partial charge is 0.593 e. The lowest BCUT2D eigenvalue weighted by Gasteiger charge is -2.28. The zero-order valence-corrected chi connectivity index (χ0v) is 14.2. The van der Waals surface area contributed by atoms with Crippen LogP contribution in [-0.4, -0.2) is 22.6 Å². The second-order valence-electron chi connectivity index (χ2n) is 6.30. The molecule has 2 aromatic carbocycles. The lowest BCUT2D eigenvalue weighted by Crippen LogP contribution is -2.53. The van der Waals surface area contributed by atoms with Crippen molar-refractivity contribution in [1.29, 1.82) is 0 Å². The molecule has 4 rings (SSSR count). The van der Waals surface area contributed by atoms with Crippen LogP contribution in [0.15, 0.2) is 41.3 Å². The van der Waals surface area contributed by atoms with Crippen molar-refractivity contribution in [1.82, 2.24) is 10.0 Å². The maximum absolute atomic E-state index is 12.7. The van der Waals surface area contributed by atoms with E-state index in [4.69, 9.17) is 4.65 Å². The molecule has 3 N–H and O–H groups in total. The standard InChI is InChI=1S/C17H19BN2O3S/c1-11-3-2-4-12-8-16(18(21)23-17(11)12)20-24(22)15-6-5-13-9-19-10-14(13)7-15/h2-7,16,19-21H,8-10H2,1H3. The number of benzene rings is 2. The minimum Gasteiger partial charge on any atom is -0.593 e. The second-order valence-corrected chi connectivity index (χ2v) is 7.55. The van der Waals surface area contributed by atoms with Gasteiger partial charge in [0.05, 0.1) is 11.4 Å². The third-order valence-electron chi connectivity index (χ3n) is 4.60. The molecule has 0 spiro atoms. The molecule has 0 saturated heterocycles. The quantitative estimate of drug-likeness (QED) is 0.578. The van der Waals surface area contributed by atoms with Gasteiger partial charge in [0.25, 0.3) is 0 Å². The van der Waals surface area contributed by atoms with Gasteiger partial charge in [-0.15, -0.1) is 4.72 Å². The van der Waals surface area contributed by atoms with Gasteiger partial charge in [-0.3, -0.25) is 0 Å². The first-order valence-electron chi connectivity index (χ1n) is 8.05. The van der Waals surface area contributed by atoms with E-state index in [9.17, 15) is 9.58 Å². The molecule has 7 heteroatoms. The zero-order chi connectivity index (χ0) is 16.7. The molecular weight excluding hydrogens is 323 g/mol. The summed E-state index contributed by atoms with van der Waals surface area (Å²) in [5.74, 6) is 0.323. The van der Waals surface area contributed by atoms with Crippen molar-refractivity contribution >= 4 is 18.5 Å². The summed E-state index contributed by atoms with van der Waals surface area (Å²) in [6.45, 7) is 3.62. The van der Waals surface area contributed by atoms with E-state index in [1.165, 1.54) is 11.1 Å². The molecule has 0 aliphatic carbocycles. The summed E-state index contributed by atoms with van der Waals surface area (Å²) in [6, 6.07) is 11.8. The van der Waals surface area contributed by atoms with E-state index in [1.54, 1.807) is 0 Å². The van der Waals surface area contributed by atoms with Crippen molar-refractivity contribution < 1.29 is 14.2 Å². The molecule has 2 aliphatic rings. The summed E-state index contributed by atoms with van der Waals surface area (Å²) in [7, 11) is -1.02. The Balaban J connectivity index is 1.51. The van der Waals surface area contributed by atoms with E-state index < -0.39 is 24.4 Å². The van der Waals surface area contributed by atoms with E-state index in [2.05, 4.69) is 10.0 Å². The van der Waals surface area contributed by atoms with Gasteiger partial charge in [0.15, 0.2) is 4.90 Å². The van der Waals surface area contributed by atoms with Gasteiger partial charge in [0.1, 0.15) is 11.7 Å². The Bertz CT molecular complexity index is 773. The minimum atomic E-state index is -1.39. The molecule has 124 valence electrons. The first-order valence-corrected chi connectivity index (χ1v) is 9.20. The fraction of sp³-hybridized carbons (Fsp3) is 0.294. The summed E-state index contributed by atoms with van der Waals surface area (Å²) >= 11 is -1.39. The Labute approximate surface area is 144 Å². The number of nitrogens with one attached hydrogen (secondary N) is 2. The van der Waals surface area contributed by atoms with E-state index in [0.717, 1.165) is 34.9 Å². The molecular formula is C17H19BN2O3S. The van der Waals surface area contributed by atoms with Crippen LogP contribution in [-0.2, 0) is 30.9 Å². The first kappa shape index (κ1) is 16.0. The van der Waals surface area contributed by atoms with E-state index in [-0.39, 0.29) is 0 Å². The summed E-state index contributed by atoms with van der Waals surface area (Å²) < 4.78 is 21.3. The fourth-order valence-electron chi connectivity index (χ4n) is 3.28. The highest BCUT2D eigenvalue weighted by molar-refractivity contribution is 7.89. The van der Waals surface area contributed by atoms with Crippen LogP contribution in [0.5, 0.6) is 5.75 Å². The highest BCUT2D eigenvalue weighted by Gasteiger charge is 2.38. The molecule has 2 aromatic rings. The summed E-state index contributed by atoms with van der Waals surface area (Å²) in [5.41, 5.74) is 4.45. The van der Waals surface area contributed by atoms with Crippen LogP contribution in [0, 0.1) is 6.92 Å². The highest BCUT2D eigenvalue weighted by atomic mass is 32.2. The maximum atomic E-state index is 12.7. The topological polar surface area (TPSA) is 76.6 Å². The minimum absolute atomic E-state index is 0.411. The van der Waals surface area contributed by atoms with Crippen molar-refractivity contribution in [3.05, 3.63) is 58.7 Å². The van der Waals surface area contributed by atoms with Crippen LogP contribution in [0.3, 0.4) is 0 Å². The van der Waals surface area contributed by atoms with Crippen LogP contribution in [0.1, 0.15) is 22.3 Å². The molecule has 24 heavy (non-hydrogen) atoms. The molecule has 2 atom stereocenters. The van der Waals surface area contributed by atoms with Gasteiger partial charge in [0.2, 0.25) is 0 Å². The van der Waals surface area contributed by atoms with Crippen LogP contribution in [0.25, 0.3) is 0 Å². The Morgan fingerprint density at radius 2 is 2.08 bits per heavy atom. The Hall–Kier alpha value is -1.51. The van der Waals surface area contributed by atoms with Crippen LogP contribution in [0.4, 0.5) is 0 Å². The first-order chi connectivity index (χ1) is 11.6. The normalized spacial score (nSPS) is 20.3. The van der Waals surface area contributed by atoms with Crippen molar-refractivity contribution in [2.24, 2.45) is 0 Å². The van der Waals surface area contributed by atoms with Gasteiger partial charge in [-0.25, -0.2) is 0 Å². The molecule has 0 saturated carbocycles. The molecule has 5 nitrogen and oxygen atoms in total. The van der Waals surface area contributed by atoms with Crippen molar-refractivity contribution in [2.75, 3.05) is 0 Å². The van der Waals surface area contributed by atoms with Gasteiger partial charge in [-0.2, -0.15) is 0 Å². The lowest BCUT2D eigenvalue weighted by atomic mass is 9.73. The predicted octanol–water partition coefficient (Wildman–Crippen LogP) is 1.23. The zero-order valence-electron chi connectivity index (χ0n) is 13.4. The number of rotatable bonds is 3. The second kappa shape index (κ2) is 6.42. The fourth-order valence-corrected chi connectivity index (χ4v) is 4.33. The molecule has 0 radical (unpaired) electrons. The number of aryl methyl sites for hydroxylation is 1. The van der Waals surface area contributed by atoms with Crippen LogP contribution in [0.2, 0.25) is 0 Å². The summed E-state index contributed by atoms with van der Waals surface area (Å²) in [6.07, 6.45) is 0.580. The van der Waals surface area contributed by atoms with E-state index >= 15 is 0 Å². The lowest BCUT2D eigenvalue weighted by molar-refractivity contribution is 0.368. The van der Waals surface area contributed by atoms with Crippen molar-refractivity contribution in [3.63, 3.8) is 0 Å². The predicted molar refractivity (Wildman–Crippen MR) is 93.8 cm³/mol. The molecule has 0 amide bonds. The molecule has 2 unspecified atom stereocenters. The average Bonchev–Trinajstić information content (AvgIpc) is 3.04. The molecule has 0 aromatic heterocycles. The summed E-state index contributed by atoms with van der Waals surface area (Å²) in [4.78, 5) is 0.722. The van der Waals surface area contributed by atoms with Gasteiger partial charge in [-0.1, -0.05) is 24.3 Å². The van der Waals surface area contributed by atoms with Gasteiger partial charge in [-0.05, 0) is 41.7 Å². The number of para-hydroxylation sites is 1. The number of hydrogen-bond donors (Lipinski definition) is 3. The Morgan fingerprint density at radius 1 is 1.25 bits per heavy atom. The SMILES string of the molecule is Cc1cccc2c1OB(O)C(N[S+]([O-])c1ccc3c(c1)CNC3)C2. The van der Waals surface area contributed by atoms with Gasteiger partial charge < -0.3 is 19.5 Å². The number of hydrogen-bond acceptors (Lipinski definition) is 5. The van der Waals surface area contributed by atoms with Crippen LogP contribution >= 0.6 is 0 Å². The highest BCUT2D eigenvalue weighted by Crippen LogP contribution is 2.30. The van der Waals surface area contributed by atoms with Gasteiger partial charge in [0, 0.05) is 19.2 Å². The van der Waals surface area contributed by atoms with Crippen molar-refractivity contribution in [2.45, 2.75) is 37.3 Å². The van der Waals surface area contributed by atoms with E-state index in [1.807, 2.05) is 43.3 Å². The Kier molecular flexibility index (Phi) is 4.28. The van der Waals surface area contributed by atoms with Gasteiger partial charge >= 0.3 is 7.12 Å². The number of fused-ring (bicyclic) bond motifs is 2. The van der Waals surface area contributed by atoms with E-state index in [0.29, 0.717) is 6.42 Å². The third kappa shape index (κ3) is 2.94.